The van der Waals surface area contributed by atoms with Crippen LogP contribution < -0.4 is 0 Å². The van der Waals surface area contributed by atoms with Gasteiger partial charge in [-0.05, 0) is 61.7 Å². The van der Waals surface area contributed by atoms with Gasteiger partial charge >= 0.3 is 0 Å². The highest BCUT2D eigenvalue weighted by Crippen LogP contribution is 2.30. The van der Waals surface area contributed by atoms with Crippen LogP contribution in [-0.4, -0.2) is 38.1 Å². The Morgan fingerprint density at radius 2 is 0.923 bits per heavy atom. The fourth-order valence-electron chi connectivity index (χ4n) is 3.62. The highest BCUT2D eigenvalue weighted by atomic mass is 15.1. The van der Waals surface area contributed by atoms with E-state index in [1.54, 1.807) is 0 Å². The Labute approximate surface area is 159 Å². The van der Waals surface area contributed by atoms with Gasteiger partial charge in [0.05, 0.1) is 0 Å². The minimum Gasteiger partial charge on any atom is -0.683 e. The highest BCUT2D eigenvalue weighted by Gasteiger charge is 1.98. The molecule has 0 aliphatic rings. The van der Waals surface area contributed by atoms with Crippen LogP contribution in [0, 0.1) is 41.5 Å². The van der Waals surface area contributed by atoms with Crippen molar-refractivity contribution in [3.05, 3.63) is 68.3 Å². The van der Waals surface area contributed by atoms with Gasteiger partial charge in [-0.2, -0.15) is 0 Å². The summed E-state index contributed by atoms with van der Waals surface area (Å²) in [6.07, 6.45) is 0. The summed E-state index contributed by atoms with van der Waals surface area (Å²) in [6, 6.07) is 8.84. The second kappa shape index (κ2) is 9.09. The Morgan fingerprint density at radius 1 is 0.615 bits per heavy atom. The fourth-order valence-corrected chi connectivity index (χ4v) is 3.62. The molecule has 3 nitrogen and oxygen atoms in total. The van der Waals surface area contributed by atoms with Gasteiger partial charge < -0.3 is 15.5 Å². The van der Waals surface area contributed by atoms with Gasteiger partial charge in [-0.15, -0.1) is 24.5 Å². The molecule has 0 bridgehead atoms. The third-order valence-corrected chi connectivity index (χ3v) is 4.77. The van der Waals surface area contributed by atoms with Crippen molar-refractivity contribution in [2.24, 2.45) is 0 Å². The van der Waals surface area contributed by atoms with Crippen LogP contribution in [0.5, 0.6) is 0 Å². The molecule has 0 N–H and O–H groups in total. The molecule has 0 atom stereocenters. The average Bonchev–Trinajstić information content (AvgIpc) is 2.52. The van der Waals surface area contributed by atoms with Crippen LogP contribution in [0.25, 0.3) is 10.6 Å². The van der Waals surface area contributed by atoms with Gasteiger partial charge in [-0.1, -0.05) is 57.6 Å². The second-order valence-electron chi connectivity index (χ2n) is 7.56. The van der Waals surface area contributed by atoms with Crippen molar-refractivity contribution in [2.45, 2.75) is 41.5 Å². The first-order valence-corrected chi connectivity index (χ1v) is 9.47. The van der Waals surface area contributed by atoms with E-state index in [9.17, 15) is 0 Å². The molecule has 0 spiro atoms. The number of nitrogens with zero attached hydrogens (tertiary/aromatic N) is 3. The number of hydrogen-bond acceptors (Lipinski definition) is 1. The Kier molecular flexibility index (Phi) is 7.10. The van der Waals surface area contributed by atoms with E-state index in [4.69, 9.17) is 10.6 Å². The molecule has 0 radical (unpaired) electrons. The number of rotatable bonds is 8. The SMILES string of the molecule is Cc1cc(C)c([N-]CCN(C)CC[N-]c2c(C)cc(C)cc2C)c(C)c1. The van der Waals surface area contributed by atoms with Crippen LogP contribution >= 0.6 is 0 Å². The molecule has 26 heavy (non-hydrogen) atoms. The highest BCUT2D eigenvalue weighted by molar-refractivity contribution is 5.62. The monoisotopic (exact) mass is 351 g/mol. The fraction of sp³-hybridized carbons (Fsp3) is 0.478. The van der Waals surface area contributed by atoms with Gasteiger partial charge in [0.25, 0.3) is 0 Å². The summed E-state index contributed by atoms with van der Waals surface area (Å²) < 4.78 is 0. The molecule has 0 fully saturated rings. The summed E-state index contributed by atoms with van der Waals surface area (Å²) in [5, 5.41) is 9.64. The molecular formula is C23H33N3-2. The van der Waals surface area contributed by atoms with E-state index >= 15 is 0 Å². The molecule has 3 heteroatoms. The van der Waals surface area contributed by atoms with Crippen LogP contribution in [0.15, 0.2) is 24.3 Å². The van der Waals surface area contributed by atoms with Gasteiger partial charge in [0, 0.05) is 0 Å². The molecule has 0 amide bonds. The van der Waals surface area contributed by atoms with Gasteiger partial charge in [-0.3, -0.25) is 0 Å². The van der Waals surface area contributed by atoms with E-state index in [1.165, 1.54) is 33.4 Å². The van der Waals surface area contributed by atoms with E-state index in [-0.39, 0.29) is 0 Å². The maximum atomic E-state index is 4.82. The number of hydrogen-bond donors (Lipinski definition) is 0. The standard InChI is InChI=1S/C23H33N3/c1-16-12-18(3)22(19(4)13-16)24-8-10-26(7)11-9-25-23-20(5)14-17(2)15-21(23)6/h12-15H,8-11H2,1-7H3/q-2. The van der Waals surface area contributed by atoms with Crippen LogP contribution in [0.2, 0.25) is 0 Å². The van der Waals surface area contributed by atoms with E-state index in [0.29, 0.717) is 0 Å². The van der Waals surface area contributed by atoms with E-state index < -0.39 is 0 Å². The third-order valence-electron chi connectivity index (χ3n) is 4.77. The first-order valence-electron chi connectivity index (χ1n) is 9.47. The number of likely N-dealkylation sites (N-methyl/N-ethyl adjacent to an activating group) is 1. The quantitative estimate of drug-likeness (QED) is 0.559. The molecule has 2 rings (SSSR count). The molecule has 2 aromatic rings. The topological polar surface area (TPSA) is 31.4 Å². The molecule has 0 saturated heterocycles. The Balaban J connectivity index is 1.77. The van der Waals surface area contributed by atoms with E-state index in [2.05, 4.69) is 77.8 Å². The maximum Gasteiger partial charge on any atom is -0.0135 e. The lowest BCUT2D eigenvalue weighted by Gasteiger charge is -2.32. The summed E-state index contributed by atoms with van der Waals surface area (Å²) >= 11 is 0. The van der Waals surface area contributed by atoms with Crippen LogP contribution in [0.4, 0.5) is 11.4 Å². The molecule has 0 saturated carbocycles. The normalized spacial score (nSPS) is 11.1. The van der Waals surface area contributed by atoms with Crippen molar-refractivity contribution in [3.63, 3.8) is 0 Å². The minimum absolute atomic E-state index is 0.823. The van der Waals surface area contributed by atoms with Crippen molar-refractivity contribution in [2.75, 3.05) is 33.2 Å². The van der Waals surface area contributed by atoms with Crippen molar-refractivity contribution >= 4 is 11.4 Å². The van der Waals surface area contributed by atoms with Crippen LogP contribution in [0.3, 0.4) is 0 Å². The van der Waals surface area contributed by atoms with Gasteiger partial charge in [0.15, 0.2) is 0 Å². The summed E-state index contributed by atoms with van der Waals surface area (Å²) in [5.41, 5.74) is 9.99. The summed E-state index contributed by atoms with van der Waals surface area (Å²) in [6.45, 7) is 16.4. The van der Waals surface area contributed by atoms with Crippen molar-refractivity contribution < 1.29 is 0 Å². The smallest absolute Gasteiger partial charge is 0.0135 e. The summed E-state index contributed by atoms with van der Waals surface area (Å²) in [4.78, 5) is 2.31. The lowest BCUT2D eigenvalue weighted by Crippen LogP contribution is -2.24. The first-order chi connectivity index (χ1) is 12.3. The Morgan fingerprint density at radius 3 is 1.23 bits per heavy atom. The molecule has 142 valence electrons. The van der Waals surface area contributed by atoms with Crippen LogP contribution in [0.1, 0.15) is 33.4 Å². The van der Waals surface area contributed by atoms with E-state index in [1.807, 2.05) is 0 Å². The van der Waals surface area contributed by atoms with Gasteiger partial charge in [-0.25, -0.2) is 0 Å². The Hall–Kier alpha value is -2.00. The molecule has 0 aliphatic carbocycles. The predicted octanol–water partition coefficient (Wildman–Crippen LogP) is 6.18. The van der Waals surface area contributed by atoms with Gasteiger partial charge in [0.1, 0.15) is 0 Å². The minimum atomic E-state index is 0.823. The average molecular weight is 352 g/mol. The Bertz CT molecular complexity index is 640. The third kappa shape index (κ3) is 5.50. The second-order valence-corrected chi connectivity index (χ2v) is 7.56. The molecule has 2 aromatic carbocycles. The zero-order chi connectivity index (χ0) is 19.3. The number of benzene rings is 2. The lowest BCUT2D eigenvalue weighted by molar-refractivity contribution is 0.365. The molecular weight excluding hydrogens is 318 g/mol. The van der Waals surface area contributed by atoms with Gasteiger partial charge in [0.2, 0.25) is 0 Å². The number of aryl methyl sites for hydroxylation is 6. The zero-order valence-electron chi connectivity index (χ0n) is 17.5. The molecule has 0 unspecified atom stereocenters. The zero-order valence-corrected chi connectivity index (χ0v) is 17.5. The van der Waals surface area contributed by atoms with Crippen molar-refractivity contribution in [3.8, 4) is 0 Å². The molecule has 0 heterocycles. The van der Waals surface area contributed by atoms with Crippen molar-refractivity contribution in [1.82, 2.24) is 4.90 Å². The predicted molar refractivity (Wildman–Crippen MR) is 115 cm³/mol. The summed E-state index contributed by atoms with van der Waals surface area (Å²) in [7, 11) is 2.15. The van der Waals surface area contributed by atoms with E-state index in [0.717, 1.165) is 37.6 Å². The van der Waals surface area contributed by atoms with Crippen molar-refractivity contribution in [1.29, 1.82) is 0 Å². The largest absolute Gasteiger partial charge is 0.683 e. The lowest BCUT2D eigenvalue weighted by atomic mass is 10.1. The summed E-state index contributed by atoms with van der Waals surface area (Å²) in [5.74, 6) is 0. The maximum absolute atomic E-state index is 4.82. The first kappa shape index (κ1) is 20.3. The van der Waals surface area contributed by atoms with Crippen LogP contribution in [-0.2, 0) is 0 Å². The molecule has 0 aromatic heterocycles. The molecule has 0 aliphatic heterocycles.